The molecule has 1 saturated heterocycles. The van der Waals surface area contributed by atoms with E-state index in [0.717, 1.165) is 0 Å². The van der Waals surface area contributed by atoms with Crippen LogP contribution in [-0.4, -0.2) is 36.4 Å². The number of carbonyl (C=O) groups is 3. The average Bonchev–Trinajstić information content (AvgIpc) is 3.35. The fourth-order valence-corrected chi connectivity index (χ4v) is 3.71. The predicted octanol–water partition coefficient (Wildman–Crippen LogP) is 2.84. The van der Waals surface area contributed by atoms with Gasteiger partial charge in [0.05, 0.1) is 25.2 Å². The molecule has 7 nitrogen and oxygen atoms in total. The van der Waals surface area contributed by atoms with Crippen LogP contribution in [0.25, 0.3) is 0 Å². The van der Waals surface area contributed by atoms with Crippen molar-refractivity contribution in [2.24, 2.45) is 11.8 Å². The molecule has 1 aromatic carbocycles. The number of fused-ring (bicyclic) bond motifs is 1. The van der Waals surface area contributed by atoms with Gasteiger partial charge in [-0.15, -0.1) is 0 Å². The molecule has 2 aliphatic rings. The Bertz CT molecular complexity index is 891. The van der Waals surface area contributed by atoms with E-state index in [1.165, 1.54) is 16.1 Å². The lowest BCUT2D eigenvalue weighted by molar-refractivity contribution is -0.139. The summed E-state index contributed by atoms with van der Waals surface area (Å²) < 4.78 is 10.4. The molecule has 0 radical (unpaired) electrons. The molecule has 1 aromatic heterocycles. The van der Waals surface area contributed by atoms with Crippen molar-refractivity contribution in [3.8, 4) is 5.75 Å². The fourth-order valence-electron chi connectivity index (χ4n) is 3.71. The second kappa shape index (κ2) is 7.34. The molecule has 1 aliphatic heterocycles. The van der Waals surface area contributed by atoms with E-state index in [1.807, 2.05) is 12.2 Å². The molecule has 144 valence electrons. The number of nitrogens with zero attached hydrogens (tertiary/aromatic N) is 2. The molecule has 28 heavy (non-hydrogen) atoms. The van der Waals surface area contributed by atoms with Crippen molar-refractivity contribution < 1.29 is 23.5 Å². The van der Waals surface area contributed by atoms with Crippen LogP contribution in [0.2, 0.25) is 0 Å². The Morgan fingerprint density at radius 2 is 1.75 bits per heavy atom. The minimum atomic E-state index is -0.427. The van der Waals surface area contributed by atoms with Gasteiger partial charge in [0.2, 0.25) is 11.8 Å². The highest BCUT2D eigenvalue weighted by molar-refractivity contribution is 6.08. The first-order valence-electron chi connectivity index (χ1n) is 9.10. The lowest BCUT2D eigenvalue weighted by Gasteiger charge is -2.27. The second-order valence-electron chi connectivity index (χ2n) is 6.81. The number of imide groups is 1. The highest BCUT2D eigenvalue weighted by atomic mass is 16.5. The van der Waals surface area contributed by atoms with Gasteiger partial charge in [0.1, 0.15) is 12.4 Å². The number of furan rings is 1. The second-order valence-corrected chi connectivity index (χ2v) is 6.81. The van der Waals surface area contributed by atoms with Gasteiger partial charge in [-0.1, -0.05) is 12.2 Å². The minimum Gasteiger partial charge on any atom is -0.497 e. The molecule has 1 aliphatic carbocycles. The zero-order valence-electron chi connectivity index (χ0n) is 15.4. The third-order valence-electron chi connectivity index (χ3n) is 5.24. The van der Waals surface area contributed by atoms with Crippen LogP contribution < -0.4 is 9.64 Å². The first-order valence-corrected chi connectivity index (χ1v) is 9.10. The quantitative estimate of drug-likeness (QED) is 0.589. The lowest BCUT2D eigenvalue weighted by Crippen LogP contribution is -2.44. The van der Waals surface area contributed by atoms with Gasteiger partial charge in [-0.25, -0.2) is 0 Å². The summed E-state index contributed by atoms with van der Waals surface area (Å²) in [7, 11) is 1.55. The molecule has 0 bridgehead atoms. The van der Waals surface area contributed by atoms with Crippen molar-refractivity contribution in [1.82, 2.24) is 4.90 Å². The highest BCUT2D eigenvalue weighted by Crippen LogP contribution is 2.35. The molecule has 7 heteroatoms. The number of amides is 3. The topological polar surface area (TPSA) is 80.1 Å². The van der Waals surface area contributed by atoms with Gasteiger partial charge in [-0.2, -0.15) is 0 Å². The van der Waals surface area contributed by atoms with Crippen LogP contribution >= 0.6 is 0 Å². The van der Waals surface area contributed by atoms with E-state index >= 15 is 0 Å². The van der Waals surface area contributed by atoms with Crippen LogP contribution in [0.4, 0.5) is 5.69 Å². The lowest BCUT2D eigenvalue weighted by atomic mass is 9.85. The highest BCUT2D eigenvalue weighted by Gasteiger charge is 2.48. The number of likely N-dealkylation sites (tertiary alicyclic amines) is 1. The van der Waals surface area contributed by atoms with E-state index in [9.17, 15) is 14.4 Å². The zero-order chi connectivity index (χ0) is 19.7. The van der Waals surface area contributed by atoms with Gasteiger partial charge >= 0.3 is 0 Å². The van der Waals surface area contributed by atoms with Gasteiger partial charge in [0.15, 0.2) is 5.76 Å². The number of anilines is 1. The number of benzene rings is 1. The molecule has 3 amide bonds. The monoisotopic (exact) mass is 380 g/mol. The molecule has 0 saturated carbocycles. The molecule has 0 spiro atoms. The Kier molecular flexibility index (Phi) is 4.73. The molecule has 1 fully saturated rings. The van der Waals surface area contributed by atoms with Crippen LogP contribution in [0.3, 0.4) is 0 Å². The summed E-state index contributed by atoms with van der Waals surface area (Å²) in [6.07, 6.45) is 6.39. The maximum Gasteiger partial charge on any atom is 0.295 e. The number of hydrogen-bond donors (Lipinski definition) is 0. The van der Waals surface area contributed by atoms with Crippen molar-refractivity contribution >= 4 is 23.4 Å². The number of ether oxygens (including phenoxy) is 1. The van der Waals surface area contributed by atoms with Crippen LogP contribution in [0.1, 0.15) is 23.4 Å². The first-order chi connectivity index (χ1) is 13.6. The molecule has 0 unspecified atom stereocenters. The summed E-state index contributed by atoms with van der Waals surface area (Å²) in [6.45, 7) is -0.156. The smallest absolute Gasteiger partial charge is 0.295 e. The van der Waals surface area contributed by atoms with Crippen molar-refractivity contribution in [3.63, 3.8) is 0 Å². The molecular formula is C21H20N2O5. The first kappa shape index (κ1) is 18.0. The molecule has 4 rings (SSSR count). The fraction of sp³-hybridized carbons (Fsp3) is 0.286. The summed E-state index contributed by atoms with van der Waals surface area (Å²) in [5, 5.41) is 0. The van der Waals surface area contributed by atoms with E-state index in [2.05, 4.69) is 0 Å². The summed E-state index contributed by atoms with van der Waals surface area (Å²) in [5.74, 6) is -0.796. The van der Waals surface area contributed by atoms with Gasteiger partial charge in [0.25, 0.3) is 5.91 Å². The van der Waals surface area contributed by atoms with Crippen LogP contribution in [0.5, 0.6) is 5.75 Å². The number of carbonyl (C=O) groups excluding carboxylic acids is 3. The Balaban J connectivity index is 1.64. The third kappa shape index (κ3) is 3.09. The normalized spacial score (nSPS) is 21.0. The third-order valence-corrected chi connectivity index (χ3v) is 5.24. The summed E-state index contributed by atoms with van der Waals surface area (Å²) in [4.78, 5) is 41.2. The van der Waals surface area contributed by atoms with Gasteiger partial charge in [-0.3, -0.25) is 24.2 Å². The Hall–Kier alpha value is -3.35. The Labute approximate surface area is 162 Å². The predicted molar refractivity (Wildman–Crippen MR) is 101 cm³/mol. The zero-order valence-corrected chi connectivity index (χ0v) is 15.4. The SMILES string of the molecule is COc1ccc(N(CN2C(=O)[C@H]3CC=CC[C@@H]3C2=O)C(=O)c2ccco2)cc1. The number of rotatable bonds is 5. The van der Waals surface area contributed by atoms with E-state index in [1.54, 1.807) is 43.5 Å². The standard InChI is InChI=1S/C21H20N2O5/c1-27-15-10-8-14(9-11-15)22(21(26)18-7-4-12-28-18)13-23-19(24)16-5-2-3-6-17(16)20(23)25/h2-4,7-12,16-17H,5-6,13H2,1H3/t16-,17-/m0/s1. The number of methoxy groups -OCH3 is 1. The van der Waals surface area contributed by atoms with Gasteiger partial charge in [-0.05, 0) is 49.2 Å². The molecule has 0 N–H and O–H groups in total. The number of allylic oxidation sites excluding steroid dienone is 2. The maximum atomic E-state index is 13.0. The largest absolute Gasteiger partial charge is 0.497 e. The van der Waals surface area contributed by atoms with Crippen LogP contribution in [0.15, 0.2) is 59.2 Å². The van der Waals surface area contributed by atoms with E-state index < -0.39 is 5.91 Å². The van der Waals surface area contributed by atoms with Gasteiger partial charge < -0.3 is 9.15 Å². The maximum absolute atomic E-state index is 13.0. The van der Waals surface area contributed by atoms with Crippen molar-refractivity contribution in [3.05, 3.63) is 60.6 Å². The minimum absolute atomic E-state index is 0.133. The average molecular weight is 380 g/mol. The van der Waals surface area contributed by atoms with Crippen LogP contribution in [-0.2, 0) is 9.59 Å². The van der Waals surface area contributed by atoms with E-state index in [0.29, 0.717) is 24.3 Å². The molecule has 2 heterocycles. The van der Waals surface area contributed by atoms with E-state index in [4.69, 9.17) is 9.15 Å². The van der Waals surface area contributed by atoms with E-state index in [-0.39, 0.29) is 36.1 Å². The Morgan fingerprint density at radius 3 is 2.29 bits per heavy atom. The van der Waals surface area contributed by atoms with Crippen molar-refractivity contribution in [2.75, 3.05) is 18.7 Å². The summed E-state index contributed by atoms with van der Waals surface area (Å²) >= 11 is 0. The van der Waals surface area contributed by atoms with Crippen molar-refractivity contribution in [2.45, 2.75) is 12.8 Å². The summed E-state index contributed by atoms with van der Waals surface area (Å²) in [6, 6.07) is 10.0. The van der Waals surface area contributed by atoms with Gasteiger partial charge in [0, 0.05) is 5.69 Å². The van der Waals surface area contributed by atoms with Crippen molar-refractivity contribution in [1.29, 1.82) is 0 Å². The molecule has 2 aromatic rings. The molecule has 2 atom stereocenters. The molecular weight excluding hydrogens is 360 g/mol. The number of hydrogen-bond acceptors (Lipinski definition) is 5. The summed E-state index contributed by atoms with van der Waals surface area (Å²) in [5.41, 5.74) is 0.538. The Morgan fingerprint density at radius 1 is 1.11 bits per heavy atom. The van der Waals surface area contributed by atoms with Crippen LogP contribution in [0, 0.1) is 11.8 Å².